The van der Waals surface area contributed by atoms with Gasteiger partial charge in [0.1, 0.15) is 12.4 Å². The van der Waals surface area contributed by atoms with Crippen molar-refractivity contribution in [2.45, 2.75) is 13.5 Å². The molecule has 3 aromatic rings. The van der Waals surface area contributed by atoms with Crippen LogP contribution in [0.25, 0.3) is 10.9 Å². The van der Waals surface area contributed by atoms with Gasteiger partial charge in [0.2, 0.25) is 5.56 Å². The van der Waals surface area contributed by atoms with Crippen molar-refractivity contribution >= 4 is 22.5 Å². The first-order chi connectivity index (χ1) is 10.1. The molecule has 0 saturated heterocycles. The summed E-state index contributed by atoms with van der Waals surface area (Å²) < 4.78 is 5.74. The second-order valence-corrected chi connectivity index (χ2v) is 5.34. The van der Waals surface area contributed by atoms with Crippen molar-refractivity contribution in [2.75, 3.05) is 0 Å². The van der Waals surface area contributed by atoms with E-state index in [9.17, 15) is 4.79 Å². The molecule has 0 amide bonds. The number of halogens is 1. The van der Waals surface area contributed by atoms with Crippen molar-refractivity contribution in [1.29, 1.82) is 0 Å². The highest BCUT2D eigenvalue weighted by atomic mass is 35.5. The summed E-state index contributed by atoms with van der Waals surface area (Å²) in [5, 5.41) is 1.67. The number of para-hydroxylation sites is 1. The van der Waals surface area contributed by atoms with E-state index in [4.69, 9.17) is 16.3 Å². The third-order valence-electron chi connectivity index (χ3n) is 3.38. The summed E-state index contributed by atoms with van der Waals surface area (Å²) in [5.41, 5.74) is 2.65. The fourth-order valence-electron chi connectivity index (χ4n) is 2.31. The Morgan fingerprint density at radius 1 is 1.14 bits per heavy atom. The zero-order valence-electron chi connectivity index (χ0n) is 11.5. The molecule has 0 spiro atoms. The molecule has 106 valence electrons. The lowest BCUT2D eigenvalue weighted by atomic mass is 10.1. The van der Waals surface area contributed by atoms with Gasteiger partial charge in [0.15, 0.2) is 0 Å². The van der Waals surface area contributed by atoms with Crippen LogP contribution in [0.4, 0.5) is 0 Å². The average molecular weight is 300 g/mol. The molecule has 0 fully saturated rings. The van der Waals surface area contributed by atoms with E-state index in [1.54, 1.807) is 18.2 Å². The van der Waals surface area contributed by atoms with Crippen molar-refractivity contribution in [1.82, 2.24) is 4.98 Å². The largest absolute Gasteiger partial charge is 0.489 e. The second kappa shape index (κ2) is 5.62. The predicted octanol–water partition coefficient (Wildman–Crippen LogP) is 4.07. The Balaban J connectivity index is 1.95. The predicted molar refractivity (Wildman–Crippen MR) is 85.1 cm³/mol. The number of ether oxygens (including phenoxy) is 1. The molecule has 2 aromatic carbocycles. The molecule has 0 atom stereocenters. The Hall–Kier alpha value is -2.26. The van der Waals surface area contributed by atoms with Crippen molar-refractivity contribution in [3.8, 4) is 5.75 Å². The first-order valence-electron chi connectivity index (χ1n) is 6.63. The topological polar surface area (TPSA) is 42.1 Å². The lowest BCUT2D eigenvalue weighted by molar-refractivity contribution is 0.307. The first kappa shape index (κ1) is 13.7. The number of aryl methyl sites for hydroxylation is 1. The maximum Gasteiger partial charge on any atom is 0.248 e. The summed E-state index contributed by atoms with van der Waals surface area (Å²) in [4.78, 5) is 14.7. The normalized spacial score (nSPS) is 10.8. The van der Waals surface area contributed by atoms with Gasteiger partial charge in [0.25, 0.3) is 0 Å². The smallest absolute Gasteiger partial charge is 0.248 e. The molecule has 1 N–H and O–H groups in total. The summed E-state index contributed by atoms with van der Waals surface area (Å²) in [5.74, 6) is 0.723. The van der Waals surface area contributed by atoms with E-state index in [0.29, 0.717) is 11.6 Å². The number of aromatic nitrogens is 1. The number of H-pyrrole nitrogens is 1. The van der Waals surface area contributed by atoms with Gasteiger partial charge in [-0.05, 0) is 36.8 Å². The molecule has 1 aromatic heterocycles. The number of hydrogen-bond donors (Lipinski definition) is 1. The van der Waals surface area contributed by atoms with Gasteiger partial charge in [-0.25, -0.2) is 0 Å². The number of aromatic amines is 1. The lowest BCUT2D eigenvalue weighted by Gasteiger charge is -2.10. The molecular formula is C17H14ClNO2. The number of fused-ring (bicyclic) bond motifs is 1. The number of rotatable bonds is 3. The first-order valence-corrected chi connectivity index (χ1v) is 7.01. The second-order valence-electron chi connectivity index (χ2n) is 4.90. The van der Waals surface area contributed by atoms with Gasteiger partial charge in [-0.3, -0.25) is 4.79 Å². The Bertz CT molecular complexity index is 838. The average Bonchev–Trinajstić information content (AvgIpc) is 2.47. The molecule has 0 aliphatic carbocycles. The molecule has 0 aliphatic rings. The van der Waals surface area contributed by atoms with Crippen molar-refractivity contribution in [3.63, 3.8) is 0 Å². The van der Waals surface area contributed by atoms with E-state index in [2.05, 4.69) is 4.98 Å². The van der Waals surface area contributed by atoms with E-state index >= 15 is 0 Å². The maximum absolute atomic E-state index is 11.8. The van der Waals surface area contributed by atoms with Gasteiger partial charge in [-0.2, -0.15) is 0 Å². The molecule has 0 radical (unpaired) electrons. The van der Waals surface area contributed by atoms with Gasteiger partial charge < -0.3 is 9.72 Å². The molecule has 0 bridgehead atoms. The molecule has 21 heavy (non-hydrogen) atoms. The third kappa shape index (κ3) is 2.93. The Morgan fingerprint density at radius 3 is 2.67 bits per heavy atom. The molecule has 3 nitrogen and oxygen atoms in total. The standard InChI is InChI=1S/C17H14ClNO2/c1-11-3-2-4-15-12(9-16(20)19-17(11)15)10-21-14-7-5-13(18)6-8-14/h2-9H,10H2,1H3,(H,19,20). The van der Waals surface area contributed by atoms with E-state index in [1.165, 1.54) is 0 Å². The molecule has 0 unspecified atom stereocenters. The lowest BCUT2D eigenvalue weighted by Crippen LogP contribution is -2.09. The van der Waals surface area contributed by atoms with Crippen molar-refractivity contribution in [3.05, 3.63) is 75.0 Å². The van der Waals surface area contributed by atoms with Crippen molar-refractivity contribution < 1.29 is 4.74 Å². The highest BCUT2D eigenvalue weighted by Crippen LogP contribution is 2.21. The van der Waals surface area contributed by atoms with Crippen LogP contribution in [0.3, 0.4) is 0 Å². The summed E-state index contributed by atoms with van der Waals surface area (Å²) in [6.45, 7) is 2.31. The third-order valence-corrected chi connectivity index (χ3v) is 3.63. The van der Waals surface area contributed by atoms with Crippen LogP contribution >= 0.6 is 11.6 Å². The van der Waals surface area contributed by atoms with Crippen LogP contribution in [0, 0.1) is 6.92 Å². The quantitative estimate of drug-likeness (QED) is 0.792. The van der Waals surface area contributed by atoms with E-state index in [-0.39, 0.29) is 5.56 Å². The van der Waals surface area contributed by atoms with Gasteiger partial charge >= 0.3 is 0 Å². The summed E-state index contributed by atoms with van der Waals surface area (Å²) in [6.07, 6.45) is 0. The van der Waals surface area contributed by atoms with E-state index in [1.807, 2.05) is 37.3 Å². The minimum atomic E-state index is -0.119. The van der Waals surface area contributed by atoms with Crippen LogP contribution in [-0.4, -0.2) is 4.98 Å². The maximum atomic E-state index is 11.8. The number of nitrogens with one attached hydrogen (secondary N) is 1. The van der Waals surface area contributed by atoms with E-state index in [0.717, 1.165) is 27.8 Å². The Morgan fingerprint density at radius 2 is 1.90 bits per heavy atom. The van der Waals surface area contributed by atoms with Gasteiger partial charge in [0.05, 0.1) is 5.52 Å². The summed E-state index contributed by atoms with van der Waals surface area (Å²) in [6, 6.07) is 14.7. The van der Waals surface area contributed by atoms with E-state index < -0.39 is 0 Å². The number of benzene rings is 2. The minimum Gasteiger partial charge on any atom is -0.489 e. The van der Waals surface area contributed by atoms with Crippen LogP contribution in [0.5, 0.6) is 5.75 Å². The van der Waals surface area contributed by atoms with Crippen LogP contribution in [0.15, 0.2) is 53.3 Å². The number of pyridine rings is 1. The monoisotopic (exact) mass is 299 g/mol. The molecule has 0 aliphatic heterocycles. The zero-order valence-corrected chi connectivity index (χ0v) is 12.3. The fraction of sp³-hybridized carbons (Fsp3) is 0.118. The number of hydrogen-bond acceptors (Lipinski definition) is 2. The Labute approximate surface area is 127 Å². The fourth-order valence-corrected chi connectivity index (χ4v) is 2.43. The summed E-state index contributed by atoms with van der Waals surface area (Å²) >= 11 is 5.84. The highest BCUT2D eigenvalue weighted by Gasteiger charge is 2.06. The van der Waals surface area contributed by atoms with Crippen molar-refractivity contribution in [2.24, 2.45) is 0 Å². The van der Waals surface area contributed by atoms with Gasteiger partial charge in [0, 0.05) is 22.0 Å². The summed E-state index contributed by atoms with van der Waals surface area (Å²) in [7, 11) is 0. The van der Waals surface area contributed by atoms with Gasteiger partial charge in [-0.15, -0.1) is 0 Å². The molecular weight excluding hydrogens is 286 g/mol. The molecule has 0 saturated carbocycles. The van der Waals surface area contributed by atoms with Crippen LogP contribution in [-0.2, 0) is 6.61 Å². The SMILES string of the molecule is Cc1cccc2c(COc3ccc(Cl)cc3)cc(=O)[nH]c12. The van der Waals surface area contributed by atoms with Crippen LogP contribution < -0.4 is 10.3 Å². The van der Waals surface area contributed by atoms with Crippen LogP contribution in [0.1, 0.15) is 11.1 Å². The Kier molecular flexibility index (Phi) is 3.67. The minimum absolute atomic E-state index is 0.119. The molecule has 3 rings (SSSR count). The molecule has 4 heteroatoms. The van der Waals surface area contributed by atoms with Gasteiger partial charge in [-0.1, -0.05) is 29.8 Å². The zero-order chi connectivity index (χ0) is 14.8. The highest BCUT2D eigenvalue weighted by molar-refractivity contribution is 6.30. The molecule has 1 heterocycles. The van der Waals surface area contributed by atoms with Crippen LogP contribution in [0.2, 0.25) is 5.02 Å².